The van der Waals surface area contributed by atoms with E-state index in [4.69, 9.17) is 4.74 Å². The second kappa shape index (κ2) is 8.48. The maximum absolute atomic E-state index is 13.0. The van der Waals surface area contributed by atoms with Crippen LogP contribution in [0.3, 0.4) is 0 Å². The van der Waals surface area contributed by atoms with Crippen molar-refractivity contribution >= 4 is 15.9 Å². The standard InChI is InChI=1S/C13H19BrFNO/c1-2-16-8-4-3-5-9-17-13-10-11(15)6-7-12(13)14/h6-7,10,16H,2-5,8-9H2,1H3. The van der Waals surface area contributed by atoms with Crippen molar-refractivity contribution in [3.63, 3.8) is 0 Å². The Labute approximate surface area is 111 Å². The second-order valence-electron chi connectivity index (χ2n) is 3.84. The van der Waals surface area contributed by atoms with Gasteiger partial charge in [0, 0.05) is 6.07 Å². The molecule has 0 fully saturated rings. The summed E-state index contributed by atoms with van der Waals surface area (Å²) in [4.78, 5) is 0. The highest BCUT2D eigenvalue weighted by molar-refractivity contribution is 9.10. The fourth-order valence-corrected chi connectivity index (χ4v) is 1.84. The molecule has 1 N–H and O–H groups in total. The predicted octanol–water partition coefficient (Wildman–Crippen LogP) is 3.75. The number of hydrogen-bond acceptors (Lipinski definition) is 2. The number of benzene rings is 1. The van der Waals surface area contributed by atoms with Gasteiger partial charge in [-0.05, 0) is 60.4 Å². The molecule has 0 saturated carbocycles. The van der Waals surface area contributed by atoms with Crippen molar-refractivity contribution in [2.24, 2.45) is 0 Å². The smallest absolute Gasteiger partial charge is 0.136 e. The molecule has 0 saturated heterocycles. The summed E-state index contributed by atoms with van der Waals surface area (Å²) < 4.78 is 19.3. The predicted molar refractivity (Wildman–Crippen MR) is 72.0 cm³/mol. The highest BCUT2D eigenvalue weighted by Gasteiger charge is 2.02. The van der Waals surface area contributed by atoms with Crippen molar-refractivity contribution in [1.82, 2.24) is 5.32 Å². The molecule has 0 spiro atoms. The Kier molecular flexibility index (Phi) is 7.21. The highest BCUT2D eigenvalue weighted by atomic mass is 79.9. The zero-order chi connectivity index (χ0) is 12.5. The van der Waals surface area contributed by atoms with Gasteiger partial charge in [0.15, 0.2) is 0 Å². The number of rotatable bonds is 8. The van der Waals surface area contributed by atoms with Crippen molar-refractivity contribution in [2.45, 2.75) is 26.2 Å². The number of halogens is 2. The minimum absolute atomic E-state index is 0.268. The Morgan fingerprint density at radius 2 is 2.12 bits per heavy atom. The first kappa shape index (κ1) is 14.5. The molecular formula is C13H19BrFNO. The molecule has 2 nitrogen and oxygen atoms in total. The summed E-state index contributed by atoms with van der Waals surface area (Å²) in [6, 6.07) is 4.48. The van der Waals surface area contributed by atoms with Gasteiger partial charge in [0.2, 0.25) is 0 Å². The third-order valence-electron chi connectivity index (χ3n) is 2.40. The van der Waals surface area contributed by atoms with Crippen LogP contribution in [-0.2, 0) is 0 Å². The zero-order valence-electron chi connectivity index (χ0n) is 10.1. The van der Waals surface area contributed by atoms with Gasteiger partial charge in [-0.1, -0.05) is 6.92 Å². The van der Waals surface area contributed by atoms with Crippen LogP contribution in [0.1, 0.15) is 26.2 Å². The molecule has 0 heterocycles. The lowest BCUT2D eigenvalue weighted by atomic mass is 10.2. The van der Waals surface area contributed by atoms with E-state index < -0.39 is 0 Å². The van der Waals surface area contributed by atoms with Crippen molar-refractivity contribution in [1.29, 1.82) is 0 Å². The van der Waals surface area contributed by atoms with Crippen molar-refractivity contribution < 1.29 is 9.13 Å². The van der Waals surface area contributed by atoms with Crippen molar-refractivity contribution in [3.8, 4) is 5.75 Å². The minimum atomic E-state index is -0.268. The first-order chi connectivity index (χ1) is 8.24. The SMILES string of the molecule is CCNCCCCCOc1cc(F)ccc1Br. The van der Waals surface area contributed by atoms with Gasteiger partial charge in [-0.3, -0.25) is 0 Å². The molecule has 17 heavy (non-hydrogen) atoms. The number of unbranched alkanes of at least 4 members (excludes halogenated alkanes) is 2. The molecule has 0 amide bonds. The highest BCUT2D eigenvalue weighted by Crippen LogP contribution is 2.25. The third-order valence-corrected chi connectivity index (χ3v) is 3.05. The summed E-state index contributed by atoms with van der Waals surface area (Å²) in [7, 11) is 0. The van der Waals surface area contributed by atoms with Crippen molar-refractivity contribution in [2.75, 3.05) is 19.7 Å². The van der Waals surface area contributed by atoms with Crippen LogP contribution in [0.5, 0.6) is 5.75 Å². The topological polar surface area (TPSA) is 21.3 Å². The average Bonchev–Trinajstić information content (AvgIpc) is 2.32. The first-order valence-corrected chi connectivity index (χ1v) is 6.82. The Balaban J connectivity index is 2.15. The van der Waals surface area contributed by atoms with E-state index >= 15 is 0 Å². The molecule has 1 rings (SSSR count). The monoisotopic (exact) mass is 303 g/mol. The molecule has 4 heteroatoms. The number of ether oxygens (including phenoxy) is 1. The van der Waals surface area contributed by atoms with E-state index in [1.54, 1.807) is 6.07 Å². The van der Waals surface area contributed by atoms with Crippen molar-refractivity contribution in [3.05, 3.63) is 28.5 Å². The van der Waals surface area contributed by atoms with Gasteiger partial charge in [0.25, 0.3) is 0 Å². The Hall–Kier alpha value is -0.610. The molecule has 0 bridgehead atoms. The lowest BCUT2D eigenvalue weighted by molar-refractivity contribution is 0.301. The van der Waals surface area contributed by atoms with E-state index in [-0.39, 0.29) is 5.82 Å². The van der Waals surface area contributed by atoms with E-state index in [2.05, 4.69) is 28.2 Å². The normalized spacial score (nSPS) is 10.5. The molecule has 96 valence electrons. The lowest BCUT2D eigenvalue weighted by Gasteiger charge is -2.08. The average molecular weight is 304 g/mol. The Morgan fingerprint density at radius 3 is 2.88 bits per heavy atom. The van der Waals surface area contributed by atoms with Gasteiger partial charge in [0.1, 0.15) is 11.6 Å². The molecule has 0 aliphatic heterocycles. The Morgan fingerprint density at radius 1 is 1.29 bits per heavy atom. The van der Waals surface area contributed by atoms with Gasteiger partial charge in [-0.25, -0.2) is 4.39 Å². The van der Waals surface area contributed by atoms with Gasteiger partial charge in [-0.15, -0.1) is 0 Å². The van der Waals surface area contributed by atoms with E-state index in [0.29, 0.717) is 12.4 Å². The summed E-state index contributed by atoms with van der Waals surface area (Å²) in [6.07, 6.45) is 3.27. The molecule has 0 aromatic heterocycles. The van der Waals surface area contributed by atoms with Crippen LogP contribution in [0.4, 0.5) is 4.39 Å². The fraction of sp³-hybridized carbons (Fsp3) is 0.538. The van der Waals surface area contributed by atoms with Crippen LogP contribution in [0.2, 0.25) is 0 Å². The minimum Gasteiger partial charge on any atom is -0.492 e. The van der Waals surface area contributed by atoms with E-state index in [1.165, 1.54) is 12.1 Å². The van der Waals surface area contributed by atoms with Crippen LogP contribution < -0.4 is 10.1 Å². The van der Waals surface area contributed by atoms with E-state index in [9.17, 15) is 4.39 Å². The maximum atomic E-state index is 13.0. The zero-order valence-corrected chi connectivity index (χ0v) is 11.7. The van der Waals surface area contributed by atoms with Gasteiger partial charge in [0.05, 0.1) is 11.1 Å². The first-order valence-electron chi connectivity index (χ1n) is 6.02. The second-order valence-corrected chi connectivity index (χ2v) is 4.69. The quantitative estimate of drug-likeness (QED) is 0.739. The molecule has 1 aromatic carbocycles. The van der Waals surface area contributed by atoms with Crippen LogP contribution >= 0.6 is 15.9 Å². The Bertz CT molecular complexity index is 333. The molecular weight excluding hydrogens is 285 g/mol. The third kappa shape index (κ3) is 6.03. The molecule has 0 aliphatic rings. The number of hydrogen-bond donors (Lipinski definition) is 1. The lowest BCUT2D eigenvalue weighted by Crippen LogP contribution is -2.14. The molecule has 0 radical (unpaired) electrons. The maximum Gasteiger partial charge on any atom is 0.136 e. The largest absolute Gasteiger partial charge is 0.492 e. The van der Waals surface area contributed by atoms with Gasteiger partial charge in [-0.2, -0.15) is 0 Å². The summed E-state index contributed by atoms with van der Waals surface area (Å²) in [5.74, 6) is 0.312. The number of nitrogens with one attached hydrogen (secondary N) is 1. The van der Waals surface area contributed by atoms with Crippen LogP contribution in [-0.4, -0.2) is 19.7 Å². The summed E-state index contributed by atoms with van der Waals surface area (Å²) in [6.45, 7) is 4.81. The van der Waals surface area contributed by atoms with E-state index in [1.807, 2.05) is 0 Å². The molecule has 0 atom stereocenters. The fourth-order valence-electron chi connectivity index (χ4n) is 1.48. The van der Waals surface area contributed by atoms with E-state index in [0.717, 1.165) is 36.8 Å². The van der Waals surface area contributed by atoms with Crippen LogP contribution in [0, 0.1) is 5.82 Å². The van der Waals surface area contributed by atoms with Crippen LogP contribution in [0.25, 0.3) is 0 Å². The summed E-state index contributed by atoms with van der Waals surface area (Å²) in [5.41, 5.74) is 0. The summed E-state index contributed by atoms with van der Waals surface area (Å²) >= 11 is 3.33. The van der Waals surface area contributed by atoms with Gasteiger partial charge >= 0.3 is 0 Å². The van der Waals surface area contributed by atoms with Crippen LogP contribution in [0.15, 0.2) is 22.7 Å². The molecule has 0 unspecified atom stereocenters. The van der Waals surface area contributed by atoms with Gasteiger partial charge < -0.3 is 10.1 Å². The molecule has 0 aliphatic carbocycles. The summed E-state index contributed by atoms with van der Waals surface area (Å²) in [5, 5.41) is 3.28. The molecule has 1 aromatic rings.